The minimum Gasteiger partial charge on any atom is -0.480 e. The number of rotatable bonds is 3. The van der Waals surface area contributed by atoms with Crippen LogP contribution < -0.4 is 5.32 Å². The van der Waals surface area contributed by atoms with Gasteiger partial charge in [-0.1, -0.05) is 11.6 Å². The molecular weight excluding hydrogens is 299 g/mol. The number of benzene rings is 1. The molecular formula is C12H11ClF3NO3. The lowest BCUT2D eigenvalue weighted by Crippen LogP contribution is -2.49. The molecule has 0 aliphatic carbocycles. The van der Waals surface area contributed by atoms with E-state index in [1.807, 2.05) is 0 Å². The molecule has 0 aromatic heterocycles. The first kappa shape index (κ1) is 16.3. The van der Waals surface area contributed by atoms with Crippen molar-refractivity contribution in [1.29, 1.82) is 0 Å². The van der Waals surface area contributed by atoms with Crippen LogP contribution in [0.5, 0.6) is 0 Å². The van der Waals surface area contributed by atoms with Crippen molar-refractivity contribution < 1.29 is 27.9 Å². The van der Waals surface area contributed by atoms with E-state index >= 15 is 0 Å². The van der Waals surface area contributed by atoms with Gasteiger partial charge in [0.2, 0.25) is 0 Å². The SMILES string of the molecule is CC(C)(NC(=O)c1cc(C(F)(F)F)ccc1Cl)C(=O)O. The van der Waals surface area contributed by atoms with Crippen molar-refractivity contribution in [3.63, 3.8) is 0 Å². The van der Waals surface area contributed by atoms with E-state index in [1.165, 1.54) is 13.8 Å². The molecule has 1 amide bonds. The molecule has 0 aliphatic rings. The lowest BCUT2D eigenvalue weighted by Gasteiger charge is -2.21. The zero-order valence-electron chi connectivity index (χ0n) is 10.5. The standard InChI is InChI=1S/C12H11ClF3NO3/c1-11(2,10(19)20)17-9(18)7-5-6(12(14,15)16)3-4-8(7)13/h3-5H,1-2H3,(H,17,18)(H,19,20). The number of carbonyl (C=O) groups is 2. The second-order valence-corrected chi connectivity index (χ2v) is 4.98. The number of aliphatic carboxylic acids is 1. The van der Waals surface area contributed by atoms with E-state index in [2.05, 4.69) is 5.32 Å². The van der Waals surface area contributed by atoms with Crippen molar-refractivity contribution in [1.82, 2.24) is 5.32 Å². The number of carbonyl (C=O) groups excluding carboxylic acids is 1. The molecule has 0 aliphatic heterocycles. The Hall–Kier alpha value is -1.76. The fourth-order valence-electron chi connectivity index (χ4n) is 1.28. The molecule has 1 rings (SSSR count). The Morgan fingerprint density at radius 1 is 1.25 bits per heavy atom. The Bertz CT molecular complexity index is 555. The Balaban J connectivity index is 3.14. The topological polar surface area (TPSA) is 66.4 Å². The maximum atomic E-state index is 12.6. The second kappa shape index (κ2) is 5.32. The third kappa shape index (κ3) is 3.63. The zero-order chi connectivity index (χ0) is 15.7. The van der Waals surface area contributed by atoms with Gasteiger partial charge in [-0.15, -0.1) is 0 Å². The summed E-state index contributed by atoms with van der Waals surface area (Å²) in [5, 5.41) is 10.8. The highest BCUT2D eigenvalue weighted by Crippen LogP contribution is 2.31. The maximum absolute atomic E-state index is 12.6. The van der Waals surface area contributed by atoms with Gasteiger partial charge in [-0.2, -0.15) is 13.2 Å². The summed E-state index contributed by atoms with van der Waals surface area (Å²) in [7, 11) is 0. The number of amides is 1. The van der Waals surface area contributed by atoms with E-state index in [1.54, 1.807) is 0 Å². The van der Waals surface area contributed by atoms with Crippen LogP contribution in [0.25, 0.3) is 0 Å². The summed E-state index contributed by atoms with van der Waals surface area (Å²) in [6, 6.07) is 2.25. The predicted octanol–water partition coefficient (Wildman–Crippen LogP) is 2.95. The van der Waals surface area contributed by atoms with Crippen molar-refractivity contribution in [3.8, 4) is 0 Å². The molecule has 110 valence electrons. The summed E-state index contributed by atoms with van der Waals surface area (Å²) >= 11 is 5.67. The van der Waals surface area contributed by atoms with Crippen molar-refractivity contribution >= 4 is 23.5 Å². The van der Waals surface area contributed by atoms with Crippen molar-refractivity contribution in [2.75, 3.05) is 0 Å². The van der Waals surface area contributed by atoms with Gasteiger partial charge in [-0.25, -0.2) is 4.79 Å². The van der Waals surface area contributed by atoms with Crippen LogP contribution in [0.15, 0.2) is 18.2 Å². The van der Waals surface area contributed by atoms with E-state index < -0.39 is 34.7 Å². The molecule has 0 unspecified atom stereocenters. The number of carboxylic acids is 1. The van der Waals surface area contributed by atoms with Crippen LogP contribution in [-0.2, 0) is 11.0 Å². The normalized spacial score (nSPS) is 12.1. The maximum Gasteiger partial charge on any atom is 0.416 e. The van der Waals surface area contributed by atoms with E-state index in [-0.39, 0.29) is 5.02 Å². The van der Waals surface area contributed by atoms with E-state index in [0.717, 1.165) is 12.1 Å². The van der Waals surface area contributed by atoms with Crippen LogP contribution in [0.4, 0.5) is 13.2 Å². The number of carboxylic acid groups (broad SMARTS) is 1. The summed E-state index contributed by atoms with van der Waals surface area (Å²) in [5.74, 6) is -2.32. The molecule has 4 nitrogen and oxygen atoms in total. The average Bonchev–Trinajstić information content (AvgIpc) is 2.26. The summed E-state index contributed by atoms with van der Waals surface area (Å²) in [5.41, 5.74) is -3.11. The van der Waals surface area contributed by atoms with Crippen LogP contribution in [0, 0.1) is 0 Å². The van der Waals surface area contributed by atoms with Gasteiger partial charge in [0.1, 0.15) is 5.54 Å². The lowest BCUT2D eigenvalue weighted by molar-refractivity contribution is -0.143. The molecule has 0 atom stereocenters. The van der Waals surface area contributed by atoms with Crippen LogP contribution in [0.3, 0.4) is 0 Å². The Labute approximate surface area is 117 Å². The quantitative estimate of drug-likeness (QED) is 0.902. The van der Waals surface area contributed by atoms with Crippen LogP contribution >= 0.6 is 11.6 Å². The van der Waals surface area contributed by atoms with Gasteiger partial charge in [0.05, 0.1) is 16.1 Å². The predicted molar refractivity (Wildman–Crippen MR) is 65.6 cm³/mol. The van der Waals surface area contributed by atoms with Crippen LogP contribution in [-0.4, -0.2) is 22.5 Å². The van der Waals surface area contributed by atoms with E-state index in [4.69, 9.17) is 16.7 Å². The third-order valence-electron chi connectivity index (χ3n) is 2.50. The molecule has 0 bridgehead atoms. The molecule has 0 heterocycles. The Morgan fingerprint density at radius 2 is 1.80 bits per heavy atom. The summed E-state index contributed by atoms with van der Waals surface area (Å²) in [6.45, 7) is 2.41. The Morgan fingerprint density at radius 3 is 2.25 bits per heavy atom. The Kier molecular flexibility index (Phi) is 4.33. The summed E-state index contributed by atoms with van der Waals surface area (Å²) in [4.78, 5) is 22.7. The average molecular weight is 310 g/mol. The molecule has 2 N–H and O–H groups in total. The van der Waals surface area contributed by atoms with Gasteiger partial charge in [-0.3, -0.25) is 4.79 Å². The number of hydrogen-bond acceptors (Lipinski definition) is 2. The van der Waals surface area contributed by atoms with Gasteiger partial charge in [-0.05, 0) is 32.0 Å². The molecule has 1 aromatic rings. The van der Waals surface area contributed by atoms with E-state index in [9.17, 15) is 22.8 Å². The monoisotopic (exact) mass is 309 g/mol. The first-order valence-corrected chi connectivity index (χ1v) is 5.75. The molecule has 0 fully saturated rings. The van der Waals surface area contributed by atoms with Gasteiger partial charge < -0.3 is 10.4 Å². The van der Waals surface area contributed by atoms with Crippen molar-refractivity contribution in [2.45, 2.75) is 25.6 Å². The molecule has 8 heteroatoms. The number of alkyl halides is 3. The molecule has 0 spiro atoms. The van der Waals surface area contributed by atoms with Crippen molar-refractivity contribution in [3.05, 3.63) is 34.3 Å². The molecule has 0 saturated heterocycles. The minimum absolute atomic E-state index is 0.198. The van der Waals surface area contributed by atoms with Gasteiger partial charge >= 0.3 is 12.1 Å². The minimum atomic E-state index is -4.62. The van der Waals surface area contributed by atoms with E-state index in [0.29, 0.717) is 6.07 Å². The highest BCUT2D eigenvalue weighted by Gasteiger charge is 2.33. The van der Waals surface area contributed by atoms with Gasteiger partial charge in [0.25, 0.3) is 5.91 Å². The third-order valence-corrected chi connectivity index (χ3v) is 2.83. The number of hydrogen-bond donors (Lipinski definition) is 2. The van der Waals surface area contributed by atoms with Gasteiger partial charge in [0, 0.05) is 0 Å². The molecule has 20 heavy (non-hydrogen) atoms. The number of nitrogens with one attached hydrogen (secondary N) is 1. The highest BCUT2D eigenvalue weighted by molar-refractivity contribution is 6.33. The van der Waals surface area contributed by atoms with Gasteiger partial charge in [0.15, 0.2) is 0 Å². The summed E-state index contributed by atoms with van der Waals surface area (Å²) in [6.07, 6.45) is -4.62. The molecule has 1 aromatic carbocycles. The highest BCUT2D eigenvalue weighted by atomic mass is 35.5. The lowest BCUT2D eigenvalue weighted by atomic mass is 10.0. The second-order valence-electron chi connectivity index (χ2n) is 4.58. The van der Waals surface area contributed by atoms with Crippen LogP contribution in [0.1, 0.15) is 29.8 Å². The smallest absolute Gasteiger partial charge is 0.416 e. The number of halogens is 4. The fourth-order valence-corrected chi connectivity index (χ4v) is 1.48. The molecule has 0 saturated carbocycles. The molecule has 0 radical (unpaired) electrons. The first-order chi connectivity index (χ1) is 8.95. The van der Waals surface area contributed by atoms with Crippen LogP contribution in [0.2, 0.25) is 5.02 Å². The zero-order valence-corrected chi connectivity index (χ0v) is 11.3. The fraction of sp³-hybridized carbons (Fsp3) is 0.333. The van der Waals surface area contributed by atoms with Crippen molar-refractivity contribution in [2.24, 2.45) is 0 Å². The first-order valence-electron chi connectivity index (χ1n) is 5.38. The largest absolute Gasteiger partial charge is 0.480 e. The summed E-state index contributed by atoms with van der Waals surface area (Å²) < 4.78 is 37.7.